The molecule has 1 saturated heterocycles. The molecule has 1 aliphatic carbocycles. The van der Waals surface area contributed by atoms with Crippen LogP contribution < -0.4 is 0 Å². The largest absolute Gasteiger partial charge is 0.480 e. The lowest BCUT2D eigenvalue weighted by molar-refractivity contribution is -0.137. The van der Waals surface area contributed by atoms with E-state index in [0.29, 0.717) is 11.1 Å². The zero-order valence-electron chi connectivity index (χ0n) is 12.3. The summed E-state index contributed by atoms with van der Waals surface area (Å²) < 4.78 is 1.52. The second-order valence-corrected chi connectivity index (χ2v) is 6.41. The second-order valence-electron chi connectivity index (χ2n) is 6.41. The molecule has 0 aromatic carbocycles. The van der Waals surface area contributed by atoms with Gasteiger partial charge in [-0.15, -0.1) is 0 Å². The van der Waals surface area contributed by atoms with Crippen LogP contribution in [0.15, 0.2) is 18.3 Å². The van der Waals surface area contributed by atoms with Gasteiger partial charge in [0.2, 0.25) is 0 Å². The highest BCUT2D eigenvalue weighted by atomic mass is 16.4. The molecule has 1 saturated carbocycles. The fourth-order valence-corrected chi connectivity index (χ4v) is 3.86. The lowest BCUT2D eigenvalue weighted by atomic mass is 9.77. The molecule has 1 aromatic rings. The van der Waals surface area contributed by atoms with Crippen LogP contribution in [0, 0.1) is 5.41 Å². The van der Waals surface area contributed by atoms with E-state index in [1.807, 2.05) is 4.90 Å². The molecule has 0 atom stereocenters. The third kappa shape index (κ3) is 2.82. The standard InChI is InChI=1S/C16H22N2O3/c19-14(20)12-18-9-3-4-13(18)15(21)17-10-7-16(8-11-17)5-1-2-6-16/h3-4,9H,1-2,5-8,10-12H2,(H,19,20). The monoisotopic (exact) mass is 290 g/mol. The summed E-state index contributed by atoms with van der Waals surface area (Å²) in [7, 11) is 0. The zero-order chi connectivity index (χ0) is 14.9. The summed E-state index contributed by atoms with van der Waals surface area (Å²) in [6.45, 7) is 1.44. The highest BCUT2D eigenvalue weighted by Crippen LogP contribution is 2.46. The second kappa shape index (κ2) is 5.54. The third-order valence-electron chi connectivity index (χ3n) is 5.13. The molecule has 21 heavy (non-hydrogen) atoms. The maximum absolute atomic E-state index is 12.6. The van der Waals surface area contributed by atoms with Crippen LogP contribution >= 0.6 is 0 Å². The van der Waals surface area contributed by atoms with Crippen LogP contribution in [0.25, 0.3) is 0 Å². The Morgan fingerprint density at radius 3 is 2.43 bits per heavy atom. The molecule has 0 unspecified atom stereocenters. The smallest absolute Gasteiger partial charge is 0.323 e. The Morgan fingerprint density at radius 1 is 1.14 bits per heavy atom. The Kier molecular flexibility index (Phi) is 3.74. The first-order valence-corrected chi connectivity index (χ1v) is 7.76. The third-order valence-corrected chi connectivity index (χ3v) is 5.13. The van der Waals surface area contributed by atoms with Gasteiger partial charge in [-0.05, 0) is 43.2 Å². The fourth-order valence-electron chi connectivity index (χ4n) is 3.86. The average molecular weight is 290 g/mol. The normalized spacial score (nSPS) is 20.9. The summed E-state index contributed by atoms with van der Waals surface area (Å²) in [5, 5.41) is 8.90. The van der Waals surface area contributed by atoms with Crippen LogP contribution in [-0.4, -0.2) is 39.5 Å². The molecular formula is C16H22N2O3. The van der Waals surface area contributed by atoms with Gasteiger partial charge in [0.1, 0.15) is 12.2 Å². The summed E-state index contributed by atoms with van der Waals surface area (Å²) in [6.07, 6.45) is 9.13. The number of carboxylic acid groups (broad SMARTS) is 1. The predicted molar refractivity (Wildman–Crippen MR) is 78.1 cm³/mol. The van der Waals surface area contributed by atoms with Crippen LogP contribution in [0.5, 0.6) is 0 Å². The van der Waals surface area contributed by atoms with Crippen molar-refractivity contribution in [2.45, 2.75) is 45.1 Å². The molecule has 2 aliphatic rings. The number of aliphatic carboxylic acids is 1. The number of aromatic nitrogens is 1. The van der Waals surface area contributed by atoms with E-state index in [2.05, 4.69) is 0 Å². The van der Waals surface area contributed by atoms with Crippen molar-refractivity contribution in [2.24, 2.45) is 5.41 Å². The van der Waals surface area contributed by atoms with Gasteiger partial charge in [0.25, 0.3) is 5.91 Å². The minimum atomic E-state index is -0.927. The molecule has 5 nitrogen and oxygen atoms in total. The van der Waals surface area contributed by atoms with Gasteiger partial charge in [-0.2, -0.15) is 0 Å². The number of nitrogens with zero attached hydrogens (tertiary/aromatic N) is 2. The van der Waals surface area contributed by atoms with Crippen LogP contribution in [0.1, 0.15) is 49.0 Å². The minimum absolute atomic E-state index is 0.0332. The first-order chi connectivity index (χ1) is 10.1. The first kappa shape index (κ1) is 14.2. The van der Waals surface area contributed by atoms with Crippen LogP contribution in [0.4, 0.5) is 0 Å². The number of carbonyl (C=O) groups excluding carboxylic acids is 1. The first-order valence-electron chi connectivity index (χ1n) is 7.76. The molecule has 0 radical (unpaired) electrons. The molecule has 5 heteroatoms. The van der Waals surface area contributed by atoms with E-state index in [1.165, 1.54) is 30.3 Å². The van der Waals surface area contributed by atoms with Crippen LogP contribution in [-0.2, 0) is 11.3 Å². The van der Waals surface area contributed by atoms with E-state index in [9.17, 15) is 9.59 Å². The van der Waals surface area contributed by atoms with Gasteiger partial charge in [-0.1, -0.05) is 12.8 Å². The molecule has 2 fully saturated rings. The number of piperidine rings is 1. The Balaban J connectivity index is 1.66. The average Bonchev–Trinajstić information content (AvgIpc) is 3.08. The lowest BCUT2D eigenvalue weighted by Gasteiger charge is -2.39. The molecule has 1 aliphatic heterocycles. The maximum Gasteiger partial charge on any atom is 0.323 e. The maximum atomic E-state index is 12.6. The number of likely N-dealkylation sites (tertiary alicyclic amines) is 1. The van der Waals surface area contributed by atoms with E-state index in [-0.39, 0.29) is 12.5 Å². The number of rotatable bonds is 3. The van der Waals surface area contributed by atoms with Gasteiger partial charge in [-0.3, -0.25) is 9.59 Å². The number of hydrogen-bond acceptors (Lipinski definition) is 2. The number of hydrogen-bond donors (Lipinski definition) is 1. The summed E-state index contributed by atoms with van der Waals surface area (Å²) in [6, 6.07) is 3.45. The van der Waals surface area contributed by atoms with Crippen molar-refractivity contribution < 1.29 is 14.7 Å². The summed E-state index contributed by atoms with van der Waals surface area (Å²) in [4.78, 5) is 25.3. The summed E-state index contributed by atoms with van der Waals surface area (Å²) in [5.74, 6) is -0.960. The molecule has 1 spiro atoms. The van der Waals surface area contributed by atoms with Crippen molar-refractivity contribution in [1.82, 2.24) is 9.47 Å². The summed E-state index contributed by atoms with van der Waals surface area (Å²) in [5.41, 5.74) is 0.972. The minimum Gasteiger partial charge on any atom is -0.480 e. The highest BCUT2D eigenvalue weighted by molar-refractivity contribution is 5.93. The Morgan fingerprint density at radius 2 is 1.81 bits per heavy atom. The number of carboxylic acids is 1. The van der Waals surface area contributed by atoms with Crippen molar-refractivity contribution in [3.05, 3.63) is 24.0 Å². The molecule has 1 aromatic heterocycles. The Labute approximate surface area is 124 Å². The SMILES string of the molecule is O=C(O)Cn1cccc1C(=O)N1CCC2(CCCC2)CC1. The molecule has 1 N–H and O–H groups in total. The molecule has 1 amide bonds. The predicted octanol–water partition coefficient (Wildman–Crippen LogP) is 2.37. The molecule has 3 rings (SSSR count). The van der Waals surface area contributed by atoms with E-state index in [0.717, 1.165) is 25.9 Å². The van der Waals surface area contributed by atoms with E-state index in [4.69, 9.17) is 5.11 Å². The van der Waals surface area contributed by atoms with Gasteiger partial charge >= 0.3 is 5.97 Å². The van der Waals surface area contributed by atoms with E-state index in [1.54, 1.807) is 18.3 Å². The number of amides is 1. The van der Waals surface area contributed by atoms with Crippen LogP contribution in [0.2, 0.25) is 0 Å². The van der Waals surface area contributed by atoms with E-state index < -0.39 is 5.97 Å². The zero-order valence-corrected chi connectivity index (χ0v) is 12.3. The Bertz CT molecular complexity index is 533. The number of carbonyl (C=O) groups is 2. The van der Waals surface area contributed by atoms with Gasteiger partial charge < -0.3 is 14.6 Å². The van der Waals surface area contributed by atoms with E-state index >= 15 is 0 Å². The lowest BCUT2D eigenvalue weighted by Crippen LogP contribution is -2.42. The van der Waals surface area contributed by atoms with Gasteiger partial charge in [-0.25, -0.2) is 0 Å². The van der Waals surface area contributed by atoms with Crippen LogP contribution in [0.3, 0.4) is 0 Å². The van der Waals surface area contributed by atoms with Gasteiger partial charge in [0.15, 0.2) is 0 Å². The fraction of sp³-hybridized carbons (Fsp3) is 0.625. The van der Waals surface area contributed by atoms with Gasteiger partial charge in [0, 0.05) is 19.3 Å². The van der Waals surface area contributed by atoms with Crippen molar-refractivity contribution >= 4 is 11.9 Å². The quantitative estimate of drug-likeness (QED) is 0.929. The molecular weight excluding hydrogens is 268 g/mol. The molecule has 0 bridgehead atoms. The summed E-state index contributed by atoms with van der Waals surface area (Å²) >= 11 is 0. The van der Waals surface area contributed by atoms with Crippen molar-refractivity contribution in [3.63, 3.8) is 0 Å². The van der Waals surface area contributed by atoms with Crippen molar-refractivity contribution in [1.29, 1.82) is 0 Å². The molecule has 114 valence electrons. The van der Waals surface area contributed by atoms with Crippen molar-refractivity contribution in [2.75, 3.05) is 13.1 Å². The highest BCUT2D eigenvalue weighted by Gasteiger charge is 2.38. The topological polar surface area (TPSA) is 62.5 Å². The Hall–Kier alpha value is -1.78. The van der Waals surface area contributed by atoms with Gasteiger partial charge in [0.05, 0.1) is 0 Å². The molecule has 2 heterocycles. The van der Waals surface area contributed by atoms with Crippen molar-refractivity contribution in [3.8, 4) is 0 Å².